The van der Waals surface area contributed by atoms with E-state index in [1.807, 2.05) is 0 Å². The molecule has 0 saturated carbocycles. The fraction of sp³-hybridized carbons (Fsp3) is 0.538. The van der Waals surface area contributed by atoms with Gasteiger partial charge in [-0.3, -0.25) is 0 Å². The van der Waals surface area contributed by atoms with Gasteiger partial charge in [-0.2, -0.15) is 5.10 Å². The summed E-state index contributed by atoms with van der Waals surface area (Å²) < 4.78 is 21.7. The van der Waals surface area contributed by atoms with Crippen molar-refractivity contribution in [2.24, 2.45) is 0 Å². The Morgan fingerprint density at radius 1 is 1.52 bits per heavy atom. The predicted octanol–water partition coefficient (Wildman–Crippen LogP) is 0.00690. The van der Waals surface area contributed by atoms with E-state index in [0.717, 1.165) is 0 Å². The Balaban J connectivity index is 2.07. The Morgan fingerprint density at radius 2 is 2.29 bits per heavy atom. The SMILES string of the molecule is CC1(c2ccc3c(N)ncnn23)OC(CCO)C(O)C1F. The third-order valence-corrected chi connectivity index (χ3v) is 4.01. The Morgan fingerprint density at radius 3 is 3.00 bits per heavy atom. The maximum atomic E-state index is 14.6. The lowest BCUT2D eigenvalue weighted by Gasteiger charge is -2.26. The number of fused-ring (bicyclic) bond motifs is 1. The molecule has 1 aliphatic heterocycles. The van der Waals surface area contributed by atoms with Crippen LogP contribution in [0.2, 0.25) is 0 Å². The number of aromatic nitrogens is 3. The maximum Gasteiger partial charge on any atom is 0.163 e. The number of hydrogen-bond donors (Lipinski definition) is 3. The minimum atomic E-state index is -1.64. The lowest BCUT2D eigenvalue weighted by atomic mass is 9.94. The van der Waals surface area contributed by atoms with Gasteiger partial charge in [-0.05, 0) is 25.5 Å². The molecule has 7 nitrogen and oxygen atoms in total. The number of aliphatic hydroxyl groups excluding tert-OH is 2. The Hall–Kier alpha value is -1.77. The van der Waals surface area contributed by atoms with Crippen molar-refractivity contribution in [1.29, 1.82) is 0 Å². The van der Waals surface area contributed by atoms with E-state index < -0.39 is 24.0 Å². The van der Waals surface area contributed by atoms with Crippen LogP contribution in [0.3, 0.4) is 0 Å². The van der Waals surface area contributed by atoms with Crippen LogP contribution in [0.5, 0.6) is 0 Å². The lowest BCUT2D eigenvalue weighted by Crippen LogP contribution is -2.36. The number of anilines is 1. The molecule has 3 rings (SSSR count). The van der Waals surface area contributed by atoms with Crippen LogP contribution in [-0.2, 0) is 10.3 Å². The minimum Gasteiger partial charge on any atom is -0.396 e. The molecule has 0 spiro atoms. The van der Waals surface area contributed by atoms with E-state index in [1.165, 1.54) is 10.8 Å². The summed E-state index contributed by atoms with van der Waals surface area (Å²) in [6, 6.07) is 3.33. The zero-order valence-electron chi connectivity index (χ0n) is 11.5. The minimum absolute atomic E-state index is 0.164. The molecule has 1 fully saturated rings. The van der Waals surface area contributed by atoms with E-state index in [4.69, 9.17) is 15.6 Å². The van der Waals surface area contributed by atoms with Gasteiger partial charge in [0.1, 0.15) is 23.5 Å². The second kappa shape index (κ2) is 4.90. The lowest BCUT2D eigenvalue weighted by molar-refractivity contribution is -0.0679. The van der Waals surface area contributed by atoms with Crippen molar-refractivity contribution in [2.45, 2.75) is 37.3 Å². The number of halogens is 1. The van der Waals surface area contributed by atoms with Gasteiger partial charge < -0.3 is 20.7 Å². The molecule has 4 N–H and O–H groups in total. The smallest absolute Gasteiger partial charge is 0.163 e. The highest BCUT2D eigenvalue weighted by molar-refractivity contribution is 5.65. The Bertz CT molecular complexity index is 664. The van der Waals surface area contributed by atoms with Crippen molar-refractivity contribution in [3.05, 3.63) is 24.2 Å². The van der Waals surface area contributed by atoms with Crippen LogP contribution in [0.1, 0.15) is 19.0 Å². The van der Waals surface area contributed by atoms with E-state index >= 15 is 0 Å². The van der Waals surface area contributed by atoms with Crippen molar-refractivity contribution >= 4 is 11.3 Å². The molecule has 0 bridgehead atoms. The quantitative estimate of drug-likeness (QED) is 0.736. The van der Waals surface area contributed by atoms with Crippen molar-refractivity contribution < 1.29 is 19.3 Å². The standard InChI is InChI=1S/C13H17FN4O3/c1-13(11(14)10(20)8(21-13)4-5-19)9-3-2-7-12(15)16-6-17-18(7)9/h2-3,6,8,10-11,19-20H,4-5H2,1H3,(H2,15,16,17). The second-order valence-corrected chi connectivity index (χ2v) is 5.33. The van der Waals surface area contributed by atoms with Gasteiger partial charge in [0.25, 0.3) is 0 Å². The van der Waals surface area contributed by atoms with Gasteiger partial charge in [0.05, 0.1) is 11.8 Å². The maximum absolute atomic E-state index is 14.6. The number of ether oxygens (including phenoxy) is 1. The summed E-state index contributed by atoms with van der Waals surface area (Å²) in [5, 5.41) is 23.0. The molecule has 1 aliphatic rings. The van der Waals surface area contributed by atoms with Crippen molar-refractivity contribution in [2.75, 3.05) is 12.3 Å². The normalized spacial score (nSPS) is 32.9. The fourth-order valence-electron chi connectivity index (χ4n) is 2.85. The molecule has 4 atom stereocenters. The second-order valence-electron chi connectivity index (χ2n) is 5.33. The fourth-order valence-corrected chi connectivity index (χ4v) is 2.85. The average molecular weight is 296 g/mol. The molecule has 0 amide bonds. The predicted molar refractivity (Wildman–Crippen MR) is 72.2 cm³/mol. The zero-order chi connectivity index (χ0) is 15.2. The molecule has 21 heavy (non-hydrogen) atoms. The van der Waals surface area contributed by atoms with Gasteiger partial charge in [-0.1, -0.05) is 0 Å². The highest BCUT2D eigenvalue weighted by Gasteiger charge is 2.54. The van der Waals surface area contributed by atoms with Gasteiger partial charge in [0.2, 0.25) is 0 Å². The summed E-state index contributed by atoms with van der Waals surface area (Å²) >= 11 is 0. The van der Waals surface area contributed by atoms with Crippen molar-refractivity contribution in [3.8, 4) is 0 Å². The van der Waals surface area contributed by atoms with E-state index in [0.29, 0.717) is 11.2 Å². The number of alkyl halides is 1. The van der Waals surface area contributed by atoms with E-state index in [9.17, 15) is 9.50 Å². The monoisotopic (exact) mass is 296 g/mol. The molecule has 0 aromatic carbocycles. The molecule has 114 valence electrons. The third-order valence-electron chi connectivity index (χ3n) is 4.01. The highest BCUT2D eigenvalue weighted by Crippen LogP contribution is 2.42. The van der Waals surface area contributed by atoms with Crippen LogP contribution in [0.25, 0.3) is 5.52 Å². The summed E-state index contributed by atoms with van der Waals surface area (Å²) in [6.07, 6.45) is -2.26. The van der Waals surface area contributed by atoms with Gasteiger partial charge >= 0.3 is 0 Å². The van der Waals surface area contributed by atoms with Crippen molar-refractivity contribution in [3.63, 3.8) is 0 Å². The van der Waals surface area contributed by atoms with Gasteiger partial charge in [0, 0.05) is 6.61 Å². The van der Waals surface area contributed by atoms with E-state index in [2.05, 4.69) is 10.1 Å². The van der Waals surface area contributed by atoms with Crippen LogP contribution < -0.4 is 5.73 Å². The van der Waals surface area contributed by atoms with Crippen LogP contribution in [0.4, 0.5) is 10.2 Å². The Kier molecular flexibility index (Phi) is 3.31. The van der Waals surface area contributed by atoms with E-state index in [-0.39, 0.29) is 18.8 Å². The Labute approximate surface area is 120 Å². The largest absolute Gasteiger partial charge is 0.396 e. The first-order chi connectivity index (χ1) is 9.99. The molecule has 0 aliphatic carbocycles. The van der Waals surface area contributed by atoms with Crippen LogP contribution in [-0.4, -0.2) is 49.8 Å². The zero-order valence-corrected chi connectivity index (χ0v) is 11.5. The molecule has 2 aromatic rings. The number of hydrogen-bond acceptors (Lipinski definition) is 6. The molecule has 1 saturated heterocycles. The summed E-state index contributed by atoms with van der Waals surface area (Å²) in [5.41, 5.74) is 5.38. The first kappa shape index (κ1) is 14.2. The molecular formula is C13H17FN4O3. The van der Waals surface area contributed by atoms with Crippen LogP contribution in [0.15, 0.2) is 18.5 Å². The number of rotatable bonds is 3. The van der Waals surface area contributed by atoms with E-state index in [1.54, 1.807) is 19.1 Å². The first-order valence-corrected chi connectivity index (χ1v) is 6.68. The van der Waals surface area contributed by atoms with Crippen LogP contribution in [0, 0.1) is 0 Å². The average Bonchev–Trinajstić information content (AvgIpc) is 2.98. The molecular weight excluding hydrogens is 279 g/mol. The number of nitrogen functional groups attached to an aromatic ring is 1. The molecule has 3 heterocycles. The van der Waals surface area contributed by atoms with Crippen LogP contribution >= 0.6 is 0 Å². The number of nitrogens with two attached hydrogens (primary N) is 1. The topological polar surface area (TPSA) is 106 Å². The van der Waals surface area contributed by atoms with Gasteiger partial charge in [-0.25, -0.2) is 13.9 Å². The van der Waals surface area contributed by atoms with Crippen molar-refractivity contribution in [1.82, 2.24) is 14.6 Å². The van der Waals surface area contributed by atoms with Gasteiger partial charge in [0.15, 0.2) is 12.0 Å². The van der Waals surface area contributed by atoms with Gasteiger partial charge in [-0.15, -0.1) is 0 Å². The summed E-state index contributed by atoms with van der Waals surface area (Å²) in [6.45, 7) is 1.37. The number of aliphatic hydroxyl groups is 2. The summed E-state index contributed by atoms with van der Waals surface area (Å²) in [4.78, 5) is 3.88. The third kappa shape index (κ3) is 1.98. The summed E-state index contributed by atoms with van der Waals surface area (Å²) in [7, 11) is 0. The molecule has 0 radical (unpaired) electrons. The molecule has 8 heteroatoms. The number of nitrogens with zero attached hydrogens (tertiary/aromatic N) is 3. The summed E-state index contributed by atoms with van der Waals surface area (Å²) in [5.74, 6) is 0.278. The molecule has 4 unspecified atom stereocenters. The molecule has 2 aromatic heterocycles. The first-order valence-electron chi connectivity index (χ1n) is 6.68. The highest BCUT2D eigenvalue weighted by atomic mass is 19.1.